The molecule has 0 bridgehead atoms. The lowest BCUT2D eigenvalue weighted by atomic mass is 10.00. The van der Waals surface area contributed by atoms with Gasteiger partial charge in [0.25, 0.3) is 5.91 Å². The number of hydrogen-bond acceptors (Lipinski definition) is 3. The zero-order chi connectivity index (χ0) is 17.9. The predicted octanol–water partition coefficient (Wildman–Crippen LogP) is 4.55. The summed E-state index contributed by atoms with van der Waals surface area (Å²) >= 11 is 5.86. The Morgan fingerprint density at radius 2 is 1.77 bits per heavy atom. The van der Waals surface area contributed by atoms with Crippen LogP contribution in [0.25, 0.3) is 0 Å². The normalized spacial score (nSPS) is 13.2. The van der Waals surface area contributed by atoms with Gasteiger partial charge in [0.15, 0.2) is 0 Å². The number of anilines is 2. The van der Waals surface area contributed by atoms with Gasteiger partial charge in [-0.05, 0) is 53.9 Å². The lowest BCUT2D eigenvalue weighted by Gasteiger charge is -2.29. The molecule has 130 valence electrons. The third kappa shape index (κ3) is 3.55. The van der Waals surface area contributed by atoms with E-state index in [-0.39, 0.29) is 5.91 Å². The fourth-order valence-electron chi connectivity index (χ4n) is 3.14. The van der Waals surface area contributed by atoms with E-state index in [1.54, 1.807) is 30.5 Å². The van der Waals surface area contributed by atoms with Crippen LogP contribution in [0.1, 0.15) is 21.5 Å². The zero-order valence-electron chi connectivity index (χ0n) is 14.2. The van der Waals surface area contributed by atoms with Crippen molar-refractivity contribution >= 4 is 29.0 Å². The minimum Gasteiger partial charge on any atom is -0.352 e. The van der Waals surface area contributed by atoms with Crippen LogP contribution in [0, 0.1) is 0 Å². The van der Waals surface area contributed by atoms with Crippen LogP contribution in [0.5, 0.6) is 0 Å². The Morgan fingerprint density at radius 1 is 1.00 bits per heavy atom. The van der Waals surface area contributed by atoms with E-state index >= 15 is 0 Å². The summed E-state index contributed by atoms with van der Waals surface area (Å²) in [5.41, 5.74) is 3.98. The highest BCUT2D eigenvalue weighted by Crippen LogP contribution is 2.23. The van der Waals surface area contributed by atoms with Crippen molar-refractivity contribution in [3.63, 3.8) is 0 Å². The van der Waals surface area contributed by atoms with Gasteiger partial charge in [0.1, 0.15) is 5.82 Å². The monoisotopic (exact) mass is 363 g/mol. The van der Waals surface area contributed by atoms with Gasteiger partial charge in [0.2, 0.25) is 0 Å². The molecule has 26 heavy (non-hydrogen) atoms. The molecule has 0 atom stereocenters. The molecule has 0 radical (unpaired) electrons. The summed E-state index contributed by atoms with van der Waals surface area (Å²) in [5, 5.41) is 3.48. The molecular formula is C21H18ClN3O. The molecule has 1 aromatic heterocycles. The predicted molar refractivity (Wildman–Crippen MR) is 105 cm³/mol. The number of halogens is 1. The summed E-state index contributed by atoms with van der Waals surface area (Å²) in [4.78, 5) is 19.1. The van der Waals surface area contributed by atoms with Crippen molar-refractivity contribution in [1.82, 2.24) is 4.98 Å². The smallest absolute Gasteiger partial charge is 0.257 e. The van der Waals surface area contributed by atoms with Crippen molar-refractivity contribution in [2.24, 2.45) is 0 Å². The van der Waals surface area contributed by atoms with Crippen LogP contribution in [-0.4, -0.2) is 17.4 Å². The topological polar surface area (TPSA) is 45.2 Å². The highest BCUT2D eigenvalue weighted by molar-refractivity contribution is 6.30. The Labute approximate surface area is 157 Å². The molecule has 0 fully saturated rings. The minimum absolute atomic E-state index is 0.185. The van der Waals surface area contributed by atoms with E-state index in [1.807, 2.05) is 12.1 Å². The zero-order valence-corrected chi connectivity index (χ0v) is 14.9. The fourth-order valence-corrected chi connectivity index (χ4v) is 3.26. The number of rotatable bonds is 3. The first kappa shape index (κ1) is 16.6. The van der Waals surface area contributed by atoms with Gasteiger partial charge in [0, 0.05) is 30.0 Å². The molecule has 2 heterocycles. The van der Waals surface area contributed by atoms with E-state index in [9.17, 15) is 4.79 Å². The first-order valence-corrected chi connectivity index (χ1v) is 8.91. The maximum absolute atomic E-state index is 12.4. The number of nitrogens with one attached hydrogen (secondary N) is 1. The average molecular weight is 364 g/mol. The Kier molecular flexibility index (Phi) is 4.59. The molecule has 1 amide bonds. The number of fused-ring (bicyclic) bond motifs is 1. The fraction of sp³-hybridized carbons (Fsp3) is 0.143. The molecule has 0 spiro atoms. The van der Waals surface area contributed by atoms with Crippen LogP contribution in [0.2, 0.25) is 5.02 Å². The second-order valence-corrected chi connectivity index (χ2v) is 6.74. The van der Waals surface area contributed by atoms with Crippen LogP contribution in [0.4, 0.5) is 11.5 Å². The molecule has 0 unspecified atom stereocenters. The van der Waals surface area contributed by atoms with Crippen molar-refractivity contribution in [2.75, 3.05) is 16.8 Å². The van der Waals surface area contributed by atoms with Crippen LogP contribution >= 0.6 is 11.6 Å². The Morgan fingerprint density at radius 3 is 2.50 bits per heavy atom. The summed E-state index contributed by atoms with van der Waals surface area (Å²) in [6, 6.07) is 19.2. The maximum Gasteiger partial charge on any atom is 0.257 e. The first-order chi connectivity index (χ1) is 12.7. The summed E-state index contributed by atoms with van der Waals surface area (Å²) in [7, 11) is 0. The molecule has 3 aromatic rings. The molecule has 0 saturated carbocycles. The number of nitrogens with zero attached hydrogens (tertiary/aromatic N) is 2. The van der Waals surface area contributed by atoms with Crippen LogP contribution in [0.15, 0.2) is 66.9 Å². The van der Waals surface area contributed by atoms with E-state index in [0.717, 1.165) is 25.3 Å². The number of pyridine rings is 1. The van der Waals surface area contributed by atoms with Crippen molar-refractivity contribution in [1.29, 1.82) is 0 Å². The van der Waals surface area contributed by atoms with Gasteiger partial charge in [-0.25, -0.2) is 4.98 Å². The van der Waals surface area contributed by atoms with Gasteiger partial charge >= 0.3 is 0 Å². The molecule has 1 aliphatic rings. The summed E-state index contributed by atoms with van der Waals surface area (Å²) in [5.74, 6) is 0.706. The Balaban J connectivity index is 1.45. The number of carbonyl (C=O) groups excluding carboxylic acids is 1. The SMILES string of the molecule is O=C(Nc1ccc(Cl)cc1)c1ccc(N2CCc3ccccc3C2)nc1. The van der Waals surface area contributed by atoms with Gasteiger partial charge in [-0.3, -0.25) is 4.79 Å². The first-order valence-electron chi connectivity index (χ1n) is 8.54. The van der Waals surface area contributed by atoms with Gasteiger partial charge in [-0.15, -0.1) is 0 Å². The minimum atomic E-state index is -0.185. The van der Waals surface area contributed by atoms with Gasteiger partial charge in [-0.2, -0.15) is 0 Å². The molecule has 1 aliphatic heterocycles. The molecule has 4 nitrogen and oxygen atoms in total. The lowest BCUT2D eigenvalue weighted by Crippen LogP contribution is -2.31. The third-order valence-electron chi connectivity index (χ3n) is 4.57. The maximum atomic E-state index is 12.4. The second-order valence-electron chi connectivity index (χ2n) is 6.31. The molecule has 0 aliphatic carbocycles. The van der Waals surface area contributed by atoms with Crippen LogP contribution in [-0.2, 0) is 13.0 Å². The van der Waals surface area contributed by atoms with Crippen molar-refractivity contribution in [3.8, 4) is 0 Å². The van der Waals surface area contributed by atoms with Gasteiger partial charge in [-0.1, -0.05) is 35.9 Å². The standard InChI is InChI=1S/C21H18ClN3O/c22-18-6-8-19(9-7-18)24-21(26)16-5-10-20(23-13-16)25-12-11-15-3-1-2-4-17(15)14-25/h1-10,13H,11-12,14H2,(H,24,26). The number of carbonyl (C=O) groups is 1. The molecular weight excluding hydrogens is 346 g/mol. The number of amides is 1. The lowest BCUT2D eigenvalue weighted by molar-refractivity contribution is 0.102. The van der Waals surface area contributed by atoms with E-state index in [1.165, 1.54) is 11.1 Å². The molecule has 1 N–H and O–H groups in total. The largest absolute Gasteiger partial charge is 0.352 e. The summed E-state index contributed by atoms with van der Waals surface area (Å²) in [6.07, 6.45) is 2.64. The van der Waals surface area contributed by atoms with Crippen molar-refractivity contribution < 1.29 is 4.79 Å². The molecule has 0 saturated heterocycles. The number of hydrogen-bond donors (Lipinski definition) is 1. The van der Waals surface area contributed by atoms with Crippen molar-refractivity contribution in [3.05, 3.63) is 88.6 Å². The molecule has 5 heteroatoms. The van der Waals surface area contributed by atoms with E-state index in [0.29, 0.717) is 16.3 Å². The second kappa shape index (κ2) is 7.18. The number of aromatic nitrogens is 1. The van der Waals surface area contributed by atoms with E-state index in [4.69, 9.17) is 11.6 Å². The quantitative estimate of drug-likeness (QED) is 0.742. The summed E-state index contributed by atoms with van der Waals surface area (Å²) in [6.45, 7) is 1.78. The number of benzene rings is 2. The highest BCUT2D eigenvalue weighted by Gasteiger charge is 2.17. The average Bonchev–Trinajstić information content (AvgIpc) is 2.69. The molecule has 4 rings (SSSR count). The van der Waals surface area contributed by atoms with Crippen molar-refractivity contribution in [2.45, 2.75) is 13.0 Å². The van der Waals surface area contributed by atoms with Gasteiger partial charge < -0.3 is 10.2 Å². The van der Waals surface area contributed by atoms with Gasteiger partial charge in [0.05, 0.1) is 5.56 Å². The Bertz CT molecular complexity index is 923. The van der Waals surface area contributed by atoms with Crippen LogP contribution < -0.4 is 10.2 Å². The third-order valence-corrected chi connectivity index (χ3v) is 4.82. The Hall–Kier alpha value is -2.85. The highest BCUT2D eigenvalue weighted by atomic mass is 35.5. The van der Waals surface area contributed by atoms with E-state index in [2.05, 4.69) is 39.5 Å². The molecule has 2 aromatic carbocycles. The van der Waals surface area contributed by atoms with Crippen LogP contribution in [0.3, 0.4) is 0 Å². The summed E-state index contributed by atoms with van der Waals surface area (Å²) < 4.78 is 0. The van der Waals surface area contributed by atoms with E-state index < -0.39 is 0 Å².